The highest BCUT2D eigenvalue weighted by atomic mass is 16.7. The second-order valence-electron chi connectivity index (χ2n) is 15.7. The predicted octanol–water partition coefficient (Wildman–Crippen LogP) is 6.51. The van der Waals surface area contributed by atoms with Gasteiger partial charge in [-0.15, -0.1) is 0 Å². The van der Waals surface area contributed by atoms with Crippen LogP contribution in [0.4, 0.5) is 0 Å². The topological polar surface area (TPSA) is 85.7 Å². The summed E-state index contributed by atoms with van der Waals surface area (Å²) >= 11 is 0. The van der Waals surface area contributed by atoms with Crippen LogP contribution in [0, 0.1) is 55.7 Å². The summed E-state index contributed by atoms with van der Waals surface area (Å²) < 4.78 is 18.0. The Hall–Kier alpha value is -1.53. The van der Waals surface area contributed by atoms with Crippen LogP contribution in [0.15, 0.2) is 11.6 Å². The molecule has 1 unspecified atom stereocenters. The van der Waals surface area contributed by atoms with Gasteiger partial charge in [-0.3, -0.25) is 9.59 Å². The Morgan fingerprint density at radius 1 is 0.974 bits per heavy atom. The van der Waals surface area contributed by atoms with E-state index in [0.29, 0.717) is 13.2 Å². The fourth-order valence-corrected chi connectivity index (χ4v) is 11.4. The van der Waals surface area contributed by atoms with Gasteiger partial charge < -0.3 is 19.6 Å². The van der Waals surface area contributed by atoms with E-state index in [2.05, 4.69) is 41.5 Å². The molecule has 216 valence electrons. The minimum atomic E-state index is -0.739. The number of ketones is 1. The molecule has 5 fully saturated rings. The van der Waals surface area contributed by atoms with E-state index >= 15 is 0 Å². The minimum absolute atomic E-state index is 0.00172. The fraction of sp³-hybridized carbons (Fsp3) is 0.848. The lowest BCUT2D eigenvalue weighted by atomic mass is 9.33. The first kappa shape index (κ1) is 27.6. The van der Waals surface area contributed by atoms with Crippen LogP contribution in [0.25, 0.3) is 0 Å². The van der Waals surface area contributed by atoms with Crippen molar-refractivity contribution in [1.82, 2.24) is 0 Å². The maximum absolute atomic E-state index is 14.5. The number of ether oxygens (including phenoxy) is 3. The number of hydrogen-bond donors (Lipinski definition) is 1. The summed E-state index contributed by atoms with van der Waals surface area (Å²) in [6.07, 6.45) is 11.5. The molecule has 5 aliphatic carbocycles. The van der Waals surface area contributed by atoms with Crippen LogP contribution in [0.2, 0.25) is 0 Å². The quantitative estimate of drug-likeness (QED) is 0.319. The summed E-state index contributed by atoms with van der Waals surface area (Å²) in [6.45, 7) is 15.0. The van der Waals surface area contributed by atoms with Crippen LogP contribution in [-0.2, 0) is 23.8 Å². The molecule has 8 atom stereocenters. The lowest BCUT2D eigenvalue weighted by Crippen LogP contribution is -2.68. The number of rotatable bonds is 2. The van der Waals surface area contributed by atoms with Gasteiger partial charge in [0, 0.05) is 18.6 Å². The lowest BCUT2D eigenvalue weighted by molar-refractivity contribution is -0.268. The predicted molar refractivity (Wildman–Crippen MR) is 149 cm³/mol. The molecule has 0 aromatic heterocycles. The first-order chi connectivity index (χ1) is 18.2. The molecule has 0 amide bonds. The second-order valence-corrected chi connectivity index (χ2v) is 15.7. The molecule has 1 heterocycles. The van der Waals surface area contributed by atoms with Crippen molar-refractivity contribution >= 4 is 18.0 Å². The molecule has 0 aromatic carbocycles. The van der Waals surface area contributed by atoms with E-state index in [1.54, 1.807) is 6.21 Å². The number of carbonyl (C=O) groups excluding carboxylic acids is 2. The molecule has 0 aromatic rings. The van der Waals surface area contributed by atoms with E-state index in [-0.39, 0.29) is 51.2 Å². The molecule has 0 bridgehead atoms. The zero-order chi connectivity index (χ0) is 28.3. The van der Waals surface area contributed by atoms with Crippen LogP contribution in [-0.4, -0.2) is 44.1 Å². The zero-order valence-electron chi connectivity index (χ0n) is 25.2. The average molecular weight is 540 g/mol. The van der Waals surface area contributed by atoms with E-state index in [1.807, 2.05) is 6.08 Å². The Bertz CT molecular complexity index is 1140. The van der Waals surface area contributed by atoms with Crippen molar-refractivity contribution in [2.45, 2.75) is 105 Å². The molecule has 6 aliphatic rings. The number of hydrogen-bond acceptors (Lipinski definition) is 6. The number of fused-ring (bicyclic) bond motifs is 7. The molecule has 6 heteroatoms. The second kappa shape index (κ2) is 8.27. The zero-order valence-corrected chi connectivity index (χ0v) is 25.2. The first-order valence-electron chi connectivity index (χ1n) is 15.3. The third kappa shape index (κ3) is 3.19. The first-order valence-corrected chi connectivity index (χ1v) is 15.3. The number of nitrogens with one attached hydrogen (secondary N) is 1. The van der Waals surface area contributed by atoms with E-state index in [4.69, 9.17) is 19.6 Å². The highest BCUT2D eigenvalue weighted by Crippen LogP contribution is 2.76. The Morgan fingerprint density at radius 2 is 1.64 bits per heavy atom. The van der Waals surface area contributed by atoms with Crippen LogP contribution in [0.1, 0.15) is 99.3 Å². The van der Waals surface area contributed by atoms with Gasteiger partial charge in [0.05, 0.1) is 31.2 Å². The van der Waals surface area contributed by atoms with Gasteiger partial charge in [-0.2, -0.15) is 0 Å². The lowest BCUT2D eigenvalue weighted by Gasteiger charge is -2.70. The maximum Gasteiger partial charge on any atom is 0.312 e. The van der Waals surface area contributed by atoms with E-state index in [0.717, 1.165) is 57.8 Å². The summed E-state index contributed by atoms with van der Waals surface area (Å²) in [5.41, 5.74) is -0.317. The Balaban J connectivity index is 1.47. The SMILES string of the molecule is COC(=O)[C@]12CCC(C)(C)C[C@H]1[C@H]1C(=O)C=C3[C@@]4(C)CCC5(OCCO5)[C@@](C)(C=N)C4CC[C@@]3(C)[C@]1(C)CC2. The molecular formula is C33H49NO5. The molecule has 4 saturated carbocycles. The molecule has 1 N–H and O–H groups in total. The molecule has 6 nitrogen and oxygen atoms in total. The summed E-state index contributed by atoms with van der Waals surface area (Å²) in [7, 11) is 1.51. The Kier molecular flexibility index (Phi) is 5.86. The highest BCUT2D eigenvalue weighted by Gasteiger charge is 2.73. The summed E-state index contributed by atoms with van der Waals surface area (Å²) in [5.74, 6) is -0.645. The van der Waals surface area contributed by atoms with Gasteiger partial charge in [-0.05, 0) is 97.9 Å². The van der Waals surface area contributed by atoms with E-state index < -0.39 is 16.6 Å². The van der Waals surface area contributed by atoms with Gasteiger partial charge in [0.15, 0.2) is 11.6 Å². The minimum Gasteiger partial charge on any atom is -0.469 e. The van der Waals surface area contributed by atoms with Crippen LogP contribution in [0.5, 0.6) is 0 Å². The van der Waals surface area contributed by atoms with Crippen molar-refractivity contribution in [2.75, 3.05) is 20.3 Å². The number of esters is 1. The smallest absolute Gasteiger partial charge is 0.312 e. The maximum atomic E-state index is 14.5. The Labute approximate surface area is 234 Å². The van der Waals surface area contributed by atoms with Crippen molar-refractivity contribution < 1.29 is 23.8 Å². The fourth-order valence-electron chi connectivity index (χ4n) is 11.4. The normalized spacial score (nSPS) is 49.7. The van der Waals surface area contributed by atoms with Gasteiger partial charge in [-0.1, -0.05) is 40.2 Å². The summed E-state index contributed by atoms with van der Waals surface area (Å²) in [6, 6.07) is 0. The van der Waals surface area contributed by atoms with Crippen molar-refractivity contribution in [2.24, 2.45) is 50.2 Å². The Morgan fingerprint density at radius 3 is 2.28 bits per heavy atom. The van der Waals surface area contributed by atoms with E-state index in [9.17, 15) is 9.59 Å². The molecular weight excluding hydrogens is 490 g/mol. The average Bonchev–Trinajstić information content (AvgIpc) is 3.38. The molecule has 1 spiro atoms. The van der Waals surface area contributed by atoms with E-state index in [1.165, 1.54) is 12.7 Å². The van der Waals surface area contributed by atoms with Crippen molar-refractivity contribution in [3.05, 3.63) is 11.6 Å². The highest BCUT2D eigenvalue weighted by molar-refractivity contribution is 5.96. The monoisotopic (exact) mass is 539 g/mol. The summed E-state index contributed by atoms with van der Waals surface area (Å²) in [5, 5.41) is 8.60. The number of methoxy groups -OCH3 is 1. The third-order valence-electron chi connectivity index (χ3n) is 13.8. The van der Waals surface area contributed by atoms with Crippen molar-refractivity contribution in [1.29, 1.82) is 5.41 Å². The largest absolute Gasteiger partial charge is 0.469 e. The third-order valence-corrected chi connectivity index (χ3v) is 13.8. The van der Waals surface area contributed by atoms with Crippen LogP contribution in [0.3, 0.4) is 0 Å². The molecule has 1 saturated heterocycles. The van der Waals surface area contributed by atoms with Gasteiger partial charge >= 0.3 is 5.97 Å². The molecule has 0 radical (unpaired) electrons. The number of allylic oxidation sites excluding steroid dienone is 2. The van der Waals surface area contributed by atoms with Crippen LogP contribution < -0.4 is 0 Å². The molecule has 1 aliphatic heterocycles. The standard InChI is InChI=1S/C33H49NO5/c1-27(2)10-13-32(26(36)37-7)14-12-30(5)25(21(32)19-27)22(35)18-24-28(3)11-15-33(38-16-17-39-33)31(6,20-34)23(28)8-9-29(24,30)4/h18,20-21,23,25,34H,8-17,19H2,1-7H3/t21-,23?,25-,28-,29+,30+,31-,32-/m0/s1. The summed E-state index contributed by atoms with van der Waals surface area (Å²) in [4.78, 5) is 28.0. The van der Waals surface area contributed by atoms with Crippen molar-refractivity contribution in [3.8, 4) is 0 Å². The van der Waals surface area contributed by atoms with Crippen LogP contribution >= 0.6 is 0 Å². The van der Waals surface area contributed by atoms with Gasteiger partial charge in [-0.25, -0.2) is 0 Å². The van der Waals surface area contributed by atoms with Gasteiger partial charge in [0.25, 0.3) is 0 Å². The molecule has 6 rings (SSSR count). The van der Waals surface area contributed by atoms with Crippen molar-refractivity contribution in [3.63, 3.8) is 0 Å². The number of carbonyl (C=O) groups is 2. The van der Waals surface area contributed by atoms with Gasteiger partial charge in [0.1, 0.15) is 0 Å². The van der Waals surface area contributed by atoms with Gasteiger partial charge in [0.2, 0.25) is 0 Å². The molecule has 39 heavy (non-hydrogen) atoms.